The Morgan fingerprint density at radius 3 is 2.45 bits per heavy atom. The molecule has 0 heterocycles. The van der Waals surface area contributed by atoms with Gasteiger partial charge in [-0.2, -0.15) is 0 Å². The summed E-state index contributed by atoms with van der Waals surface area (Å²) in [6.07, 6.45) is 1.61. The summed E-state index contributed by atoms with van der Waals surface area (Å²) in [5.74, 6) is -0.250. The van der Waals surface area contributed by atoms with Crippen LogP contribution in [0.15, 0.2) is 60.2 Å². The second-order valence-electron chi connectivity index (χ2n) is 4.44. The van der Waals surface area contributed by atoms with Gasteiger partial charge in [0.2, 0.25) is 0 Å². The first kappa shape index (κ1) is 13.9. The van der Waals surface area contributed by atoms with Crippen LogP contribution in [0, 0.1) is 0 Å². The molecule has 0 unspecified atom stereocenters. The van der Waals surface area contributed by atoms with Crippen LogP contribution in [0.5, 0.6) is 5.75 Å². The molecular weight excluding hydrogens is 252 g/mol. The molecule has 2 rings (SSSR count). The summed E-state index contributed by atoms with van der Waals surface area (Å²) in [6.45, 7) is 2.02. The van der Waals surface area contributed by atoms with Crippen LogP contribution in [0.1, 0.15) is 18.1 Å². The SMILES string of the molecule is C/C(=C\c1ccccc1OCc1ccccc1)C(=O)O. The van der Waals surface area contributed by atoms with E-state index < -0.39 is 5.97 Å². The zero-order valence-corrected chi connectivity index (χ0v) is 11.2. The van der Waals surface area contributed by atoms with Crippen molar-refractivity contribution in [2.75, 3.05) is 0 Å². The van der Waals surface area contributed by atoms with Crippen molar-refractivity contribution >= 4 is 12.0 Å². The summed E-state index contributed by atoms with van der Waals surface area (Å²) in [5, 5.41) is 8.93. The van der Waals surface area contributed by atoms with Gasteiger partial charge in [0.15, 0.2) is 0 Å². The monoisotopic (exact) mass is 268 g/mol. The molecule has 0 spiro atoms. The fourth-order valence-corrected chi connectivity index (χ4v) is 1.76. The molecule has 0 saturated carbocycles. The fourth-order valence-electron chi connectivity index (χ4n) is 1.76. The molecule has 0 amide bonds. The Bertz CT molecular complexity index is 615. The summed E-state index contributed by atoms with van der Waals surface area (Å²) < 4.78 is 5.77. The van der Waals surface area contributed by atoms with Crippen LogP contribution in [0.25, 0.3) is 6.08 Å². The maximum Gasteiger partial charge on any atom is 0.331 e. The molecule has 2 aromatic carbocycles. The molecule has 20 heavy (non-hydrogen) atoms. The molecule has 3 heteroatoms. The van der Waals surface area contributed by atoms with Gasteiger partial charge in [0.1, 0.15) is 12.4 Å². The smallest absolute Gasteiger partial charge is 0.331 e. The minimum atomic E-state index is -0.928. The highest BCUT2D eigenvalue weighted by Crippen LogP contribution is 2.22. The number of hydrogen-bond acceptors (Lipinski definition) is 2. The third kappa shape index (κ3) is 3.72. The molecule has 0 aliphatic heterocycles. The van der Waals surface area contributed by atoms with Crippen LogP contribution in [0.3, 0.4) is 0 Å². The van der Waals surface area contributed by atoms with Crippen molar-refractivity contribution in [3.63, 3.8) is 0 Å². The summed E-state index contributed by atoms with van der Waals surface area (Å²) in [5.41, 5.74) is 2.12. The number of rotatable bonds is 5. The molecule has 0 aromatic heterocycles. The number of hydrogen-bond donors (Lipinski definition) is 1. The number of carboxylic acid groups (broad SMARTS) is 1. The van der Waals surface area contributed by atoms with Gasteiger partial charge in [-0.15, -0.1) is 0 Å². The largest absolute Gasteiger partial charge is 0.488 e. The average molecular weight is 268 g/mol. The normalized spacial score (nSPS) is 11.2. The Labute approximate surface area is 118 Å². The topological polar surface area (TPSA) is 46.5 Å². The molecule has 0 bridgehead atoms. The second-order valence-corrected chi connectivity index (χ2v) is 4.44. The van der Waals surface area contributed by atoms with E-state index in [-0.39, 0.29) is 5.57 Å². The minimum absolute atomic E-state index is 0.278. The minimum Gasteiger partial charge on any atom is -0.488 e. The van der Waals surface area contributed by atoms with Crippen LogP contribution in [0.2, 0.25) is 0 Å². The first-order valence-corrected chi connectivity index (χ1v) is 6.34. The van der Waals surface area contributed by atoms with Gasteiger partial charge in [-0.3, -0.25) is 0 Å². The Morgan fingerprint density at radius 2 is 1.75 bits per heavy atom. The van der Waals surface area contributed by atoms with E-state index in [9.17, 15) is 4.79 Å². The zero-order valence-electron chi connectivity index (χ0n) is 11.2. The molecule has 0 aliphatic carbocycles. The highest BCUT2D eigenvalue weighted by Gasteiger charge is 2.05. The number of carbonyl (C=O) groups is 1. The van der Waals surface area contributed by atoms with Crippen LogP contribution in [-0.4, -0.2) is 11.1 Å². The summed E-state index contributed by atoms with van der Waals surface area (Å²) >= 11 is 0. The van der Waals surface area contributed by atoms with E-state index in [0.29, 0.717) is 12.4 Å². The predicted octanol–water partition coefficient (Wildman–Crippen LogP) is 3.75. The Kier molecular flexibility index (Phi) is 4.56. The lowest BCUT2D eigenvalue weighted by atomic mass is 10.1. The third-order valence-electron chi connectivity index (χ3n) is 2.87. The number of ether oxygens (including phenoxy) is 1. The quantitative estimate of drug-likeness (QED) is 0.840. The molecule has 0 fully saturated rings. The Morgan fingerprint density at radius 1 is 1.10 bits per heavy atom. The number of para-hydroxylation sites is 1. The highest BCUT2D eigenvalue weighted by atomic mass is 16.5. The van der Waals surface area contributed by atoms with Gasteiger partial charge in [0.25, 0.3) is 0 Å². The molecule has 102 valence electrons. The van der Waals surface area contributed by atoms with Gasteiger partial charge in [0, 0.05) is 11.1 Å². The molecule has 0 saturated heterocycles. The van der Waals surface area contributed by atoms with E-state index in [0.717, 1.165) is 11.1 Å². The Balaban J connectivity index is 2.16. The van der Waals surface area contributed by atoms with E-state index in [1.807, 2.05) is 54.6 Å². The van der Waals surface area contributed by atoms with Crippen LogP contribution in [-0.2, 0) is 11.4 Å². The van der Waals surface area contributed by atoms with E-state index in [4.69, 9.17) is 9.84 Å². The number of aliphatic carboxylic acids is 1. The first-order chi connectivity index (χ1) is 9.66. The molecular formula is C17H16O3. The van der Waals surface area contributed by atoms with Crippen LogP contribution >= 0.6 is 0 Å². The molecule has 0 aliphatic rings. The van der Waals surface area contributed by atoms with E-state index >= 15 is 0 Å². The van der Waals surface area contributed by atoms with Gasteiger partial charge < -0.3 is 9.84 Å². The molecule has 0 atom stereocenters. The van der Waals surface area contributed by atoms with Crippen molar-refractivity contribution in [2.45, 2.75) is 13.5 Å². The second kappa shape index (κ2) is 6.57. The van der Waals surface area contributed by atoms with Crippen molar-refractivity contribution in [1.29, 1.82) is 0 Å². The summed E-state index contributed by atoms with van der Waals surface area (Å²) in [6, 6.07) is 17.2. The van der Waals surface area contributed by atoms with Crippen molar-refractivity contribution in [3.8, 4) is 5.75 Å². The van der Waals surface area contributed by atoms with E-state index in [1.54, 1.807) is 13.0 Å². The first-order valence-electron chi connectivity index (χ1n) is 6.34. The summed E-state index contributed by atoms with van der Waals surface area (Å²) in [4.78, 5) is 10.9. The number of benzene rings is 2. The molecule has 1 N–H and O–H groups in total. The van der Waals surface area contributed by atoms with E-state index in [1.165, 1.54) is 0 Å². The molecule has 2 aromatic rings. The van der Waals surface area contributed by atoms with E-state index in [2.05, 4.69) is 0 Å². The van der Waals surface area contributed by atoms with Gasteiger partial charge in [0.05, 0.1) is 0 Å². The Hall–Kier alpha value is -2.55. The molecule has 0 radical (unpaired) electrons. The maximum absolute atomic E-state index is 10.9. The summed E-state index contributed by atoms with van der Waals surface area (Å²) in [7, 11) is 0. The maximum atomic E-state index is 10.9. The third-order valence-corrected chi connectivity index (χ3v) is 2.87. The highest BCUT2D eigenvalue weighted by molar-refractivity contribution is 5.91. The fraction of sp³-hybridized carbons (Fsp3) is 0.118. The lowest BCUT2D eigenvalue weighted by molar-refractivity contribution is -0.132. The predicted molar refractivity (Wildman–Crippen MR) is 78.5 cm³/mol. The van der Waals surface area contributed by atoms with Crippen LogP contribution < -0.4 is 4.74 Å². The van der Waals surface area contributed by atoms with Crippen molar-refractivity contribution in [3.05, 3.63) is 71.3 Å². The molecule has 3 nitrogen and oxygen atoms in total. The zero-order chi connectivity index (χ0) is 14.4. The standard InChI is InChI=1S/C17H16O3/c1-13(17(18)19)11-15-9-5-6-10-16(15)20-12-14-7-3-2-4-8-14/h2-11H,12H2,1H3,(H,18,19)/b13-11+. The van der Waals surface area contributed by atoms with Gasteiger partial charge in [-0.25, -0.2) is 4.79 Å². The van der Waals surface area contributed by atoms with Gasteiger partial charge in [-0.05, 0) is 24.6 Å². The van der Waals surface area contributed by atoms with Crippen LogP contribution in [0.4, 0.5) is 0 Å². The lowest BCUT2D eigenvalue weighted by Gasteiger charge is -2.09. The van der Waals surface area contributed by atoms with Crippen molar-refractivity contribution in [1.82, 2.24) is 0 Å². The van der Waals surface area contributed by atoms with Gasteiger partial charge in [-0.1, -0.05) is 48.5 Å². The lowest BCUT2D eigenvalue weighted by Crippen LogP contribution is -1.98. The number of carboxylic acids is 1. The van der Waals surface area contributed by atoms with Crippen molar-refractivity contribution < 1.29 is 14.6 Å². The van der Waals surface area contributed by atoms with Crippen molar-refractivity contribution in [2.24, 2.45) is 0 Å². The average Bonchev–Trinajstić information content (AvgIpc) is 2.47. The van der Waals surface area contributed by atoms with Gasteiger partial charge >= 0.3 is 5.97 Å².